The van der Waals surface area contributed by atoms with Crippen molar-refractivity contribution in [3.8, 4) is 20.9 Å². The molecule has 4 aromatic carbocycles. The van der Waals surface area contributed by atoms with Gasteiger partial charge in [0.1, 0.15) is 0 Å². The van der Waals surface area contributed by atoms with Crippen LogP contribution in [0.15, 0.2) is 97.1 Å². The van der Waals surface area contributed by atoms with Gasteiger partial charge in [-0.05, 0) is 56.3 Å². The van der Waals surface area contributed by atoms with E-state index in [0.29, 0.717) is 0 Å². The lowest BCUT2D eigenvalue weighted by Gasteiger charge is -2.30. The summed E-state index contributed by atoms with van der Waals surface area (Å²) in [6.07, 6.45) is 0. The minimum absolute atomic E-state index is 0.239. The van der Waals surface area contributed by atoms with Crippen molar-refractivity contribution in [2.24, 2.45) is 0 Å². The Kier molecular flexibility index (Phi) is 2.94. The van der Waals surface area contributed by atoms with Crippen molar-refractivity contribution in [1.29, 1.82) is 0 Å². The molecule has 0 nitrogen and oxygen atoms in total. The average molecular weight is 429 g/mol. The Balaban J connectivity index is 1.69. The second-order valence-corrected chi connectivity index (χ2v) is 10.6. The van der Waals surface area contributed by atoms with Gasteiger partial charge in [-0.3, -0.25) is 0 Å². The molecule has 0 atom stereocenters. The van der Waals surface area contributed by atoms with Crippen LogP contribution in [0.25, 0.3) is 41.1 Å². The summed E-state index contributed by atoms with van der Waals surface area (Å²) in [5.74, 6) is 0. The summed E-state index contributed by atoms with van der Waals surface area (Å²) in [5.41, 5.74) is 8.42. The quantitative estimate of drug-likeness (QED) is 0.227. The zero-order chi connectivity index (χ0) is 20.2. The SMILES string of the molecule is c1ccc2c(c1)-c1sc3ccccc3c1C21c2ccccc2-c2sc3ccccc3c21. The van der Waals surface area contributed by atoms with Gasteiger partial charge in [0.25, 0.3) is 0 Å². The van der Waals surface area contributed by atoms with Crippen molar-refractivity contribution in [1.82, 2.24) is 0 Å². The van der Waals surface area contributed by atoms with Crippen LogP contribution in [0.3, 0.4) is 0 Å². The first kappa shape index (κ1) is 16.5. The topological polar surface area (TPSA) is 0 Å². The summed E-state index contributed by atoms with van der Waals surface area (Å²) in [6.45, 7) is 0. The first-order valence-electron chi connectivity index (χ1n) is 10.6. The molecule has 0 radical (unpaired) electrons. The third-order valence-electron chi connectivity index (χ3n) is 7.09. The molecule has 31 heavy (non-hydrogen) atoms. The maximum Gasteiger partial charge on any atom is 0.0754 e. The van der Waals surface area contributed by atoms with E-state index in [0.717, 1.165) is 0 Å². The molecular formula is C29H16S2. The van der Waals surface area contributed by atoms with E-state index in [9.17, 15) is 0 Å². The lowest BCUT2D eigenvalue weighted by atomic mass is 9.69. The molecule has 1 spiro atoms. The van der Waals surface area contributed by atoms with E-state index in [-0.39, 0.29) is 5.41 Å². The van der Waals surface area contributed by atoms with Gasteiger partial charge in [0.05, 0.1) is 5.41 Å². The molecule has 0 aliphatic heterocycles. The Bertz CT molecular complexity index is 1570. The minimum atomic E-state index is -0.239. The largest absolute Gasteiger partial charge is 0.135 e. The monoisotopic (exact) mass is 428 g/mol. The zero-order valence-corrected chi connectivity index (χ0v) is 18.2. The molecule has 8 rings (SSSR count). The Morgan fingerprint density at radius 3 is 1.39 bits per heavy atom. The van der Waals surface area contributed by atoms with E-state index in [2.05, 4.69) is 97.1 Å². The highest BCUT2D eigenvalue weighted by Crippen LogP contribution is 2.68. The Morgan fingerprint density at radius 2 is 0.871 bits per heavy atom. The predicted molar refractivity (Wildman–Crippen MR) is 134 cm³/mol. The molecule has 0 saturated carbocycles. The number of fused-ring (bicyclic) bond motifs is 14. The molecule has 2 aliphatic rings. The molecule has 0 unspecified atom stereocenters. The van der Waals surface area contributed by atoms with Crippen LogP contribution in [-0.4, -0.2) is 0 Å². The molecule has 0 bridgehead atoms. The van der Waals surface area contributed by atoms with Gasteiger partial charge in [0.2, 0.25) is 0 Å². The Hall–Kier alpha value is -3.20. The van der Waals surface area contributed by atoms with Gasteiger partial charge in [-0.15, -0.1) is 22.7 Å². The average Bonchev–Trinajstić information content (AvgIpc) is 3.53. The molecule has 0 saturated heterocycles. The fourth-order valence-electron chi connectivity index (χ4n) is 6.04. The third kappa shape index (κ3) is 1.76. The predicted octanol–water partition coefficient (Wildman–Crippen LogP) is 8.46. The number of hydrogen-bond donors (Lipinski definition) is 0. The Labute approximate surface area is 188 Å². The number of rotatable bonds is 0. The molecule has 0 fully saturated rings. The van der Waals surface area contributed by atoms with Crippen LogP contribution in [0, 0.1) is 0 Å². The zero-order valence-electron chi connectivity index (χ0n) is 16.6. The van der Waals surface area contributed by atoms with Gasteiger partial charge in [-0.2, -0.15) is 0 Å². The van der Waals surface area contributed by atoms with Crippen molar-refractivity contribution >= 4 is 42.8 Å². The van der Waals surface area contributed by atoms with Crippen LogP contribution in [0.2, 0.25) is 0 Å². The van der Waals surface area contributed by atoms with Crippen molar-refractivity contribution < 1.29 is 0 Å². The summed E-state index contributed by atoms with van der Waals surface area (Å²) < 4.78 is 2.76. The van der Waals surface area contributed by atoms with Crippen molar-refractivity contribution in [2.75, 3.05) is 0 Å². The third-order valence-corrected chi connectivity index (χ3v) is 9.50. The second-order valence-electron chi connectivity index (χ2n) is 8.45. The molecule has 2 aromatic heterocycles. The van der Waals surface area contributed by atoms with Crippen LogP contribution in [0.5, 0.6) is 0 Å². The molecule has 2 heterocycles. The van der Waals surface area contributed by atoms with Gasteiger partial charge in [0, 0.05) is 19.2 Å². The minimum Gasteiger partial charge on any atom is -0.135 e. The normalized spacial score (nSPS) is 14.7. The number of hydrogen-bond acceptors (Lipinski definition) is 2. The first-order valence-corrected chi connectivity index (χ1v) is 12.3. The summed E-state index contributed by atoms with van der Waals surface area (Å²) in [4.78, 5) is 2.88. The van der Waals surface area contributed by atoms with Crippen LogP contribution in [-0.2, 0) is 5.41 Å². The highest BCUT2D eigenvalue weighted by Gasteiger charge is 2.54. The van der Waals surface area contributed by atoms with Gasteiger partial charge in [0.15, 0.2) is 0 Å². The summed E-state index contributed by atoms with van der Waals surface area (Å²) in [6, 6.07) is 36.2. The lowest BCUT2D eigenvalue weighted by Crippen LogP contribution is -2.25. The molecule has 144 valence electrons. The summed E-state index contributed by atoms with van der Waals surface area (Å²) >= 11 is 3.90. The van der Waals surface area contributed by atoms with Gasteiger partial charge in [-0.25, -0.2) is 0 Å². The standard InChI is InChI=1S/C29H16S2/c1-5-13-21-17(9-1)27-25(19-11-3-7-15-23(19)30-27)29(21)22-14-6-2-10-18(22)28-26(29)20-12-4-8-16-24(20)31-28/h1-16H. The fourth-order valence-corrected chi connectivity index (χ4v) is 8.64. The summed E-state index contributed by atoms with van der Waals surface area (Å²) in [7, 11) is 0. The fraction of sp³-hybridized carbons (Fsp3) is 0.0345. The van der Waals surface area contributed by atoms with Gasteiger partial charge in [-0.1, -0.05) is 84.9 Å². The van der Waals surface area contributed by atoms with Gasteiger partial charge >= 0.3 is 0 Å². The van der Waals surface area contributed by atoms with Crippen molar-refractivity contribution in [3.63, 3.8) is 0 Å². The van der Waals surface area contributed by atoms with Crippen LogP contribution in [0.4, 0.5) is 0 Å². The van der Waals surface area contributed by atoms with E-state index >= 15 is 0 Å². The van der Waals surface area contributed by atoms with Gasteiger partial charge < -0.3 is 0 Å². The molecule has 2 aliphatic carbocycles. The van der Waals surface area contributed by atoms with Crippen LogP contribution >= 0.6 is 22.7 Å². The molecule has 2 heteroatoms. The van der Waals surface area contributed by atoms with Crippen molar-refractivity contribution in [2.45, 2.75) is 5.41 Å². The van der Waals surface area contributed by atoms with Crippen LogP contribution < -0.4 is 0 Å². The Morgan fingerprint density at radius 1 is 0.452 bits per heavy atom. The molecular weight excluding hydrogens is 412 g/mol. The van der Waals surface area contributed by atoms with E-state index in [1.165, 1.54) is 63.3 Å². The molecule has 0 amide bonds. The van der Waals surface area contributed by atoms with E-state index in [1.54, 1.807) is 0 Å². The van der Waals surface area contributed by atoms with Crippen molar-refractivity contribution in [3.05, 3.63) is 119 Å². The molecule has 0 N–H and O–H groups in total. The van der Waals surface area contributed by atoms with Crippen LogP contribution in [0.1, 0.15) is 22.3 Å². The highest BCUT2D eigenvalue weighted by atomic mass is 32.1. The summed E-state index contributed by atoms with van der Waals surface area (Å²) in [5, 5.41) is 2.80. The highest BCUT2D eigenvalue weighted by molar-refractivity contribution is 7.23. The second kappa shape index (κ2) is 5.53. The maximum atomic E-state index is 2.37. The van der Waals surface area contributed by atoms with E-state index < -0.39 is 0 Å². The molecule has 6 aromatic rings. The van der Waals surface area contributed by atoms with E-state index in [4.69, 9.17) is 0 Å². The number of benzene rings is 4. The maximum absolute atomic E-state index is 2.37. The lowest BCUT2D eigenvalue weighted by molar-refractivity contribution is 0.812. The van der Waals surface area contributed by atoms with E-state index in [1.807, 2.05) is 22.7 Å². The number of thiophene rings is 2. The smallest absolute Gasteiger partial charge is 0.0754 e. The first-order chi connectivity index (χ1) is 15.4.